The second-order valence-corrected chi connectivity index (χ2v) is 4.80. The first kappa shape index (κ1) is 17.0. The van der Waals surface area contributed by atoms with Crippen molar-refractivity contribution in [3.8, 4) is 17.0 Å². The van der Waals surface area contributed by atoms with Crippen LogP contribution in [-0.2, 0) is 4.74 Å². The molecule has 2 aromatic rings. The topological polar surface area (TPSA) is 70.3 Å². The van der Waals surface area contributed by atoms with Gasteiger partial charge in [-0.05, 0) is 24.1 Å². The van der Waals surface area contributed by atoms with E-state index in [1.807, 2.05) is 32.0 Å². The lowest BCUT2D eigenvalue weighted by atomic mass is 10.0. The molecule has 3 heterocycles. The average Bonchev–Trinajstić information content (AvgIpc) is 2.64. The summed E-state index contributed by atoms with van der Waals surface area (Å²) >= 11 is 0. The summed E-state index contributed by atoms with van der Waals surface area (Å²) in [6.45, 7) is 5.37. The van der Waals surface area contributed by atoms with Gasteiger partial charge in [-0.3, -0.25) is 4.98 Å². The molecule has 1 aliphatic heterocycles. The van der Waals surface area contributed by atoms with Gasteiger partial charge >= 0.3 is 0 Å². The van der Waals surface area contributed by atoms with E-state index in [-0.39, 0.29) is 0 Å². The quantitative estimate of drug-likeness (QED) is 0.938. The Morgan fingerprint density at radius 2 is 2.00 bits per heavy atom. The van der Waals surface area contributed by atoms with E-state index >= 15 is 0 Å². The smallest absolute Gasteiger partial charge is 0.212 e. The van der Waals surface area contributed by atoms with Crippen LogP contribution >= 0.6 is 0 Å². The summed E-state index contributed by atoms with van der Waals surface area (Å²) in [5.41, 5.74) is 10.8. The first-order valence-electron chi connectivity index (χ1n) is 7.81. The van der Waals surface area contributed by atoms with Crippen molar-refractivity contribution >= 4 is 11.3 Å². The normalized spacial score (nSPS) is 13.6. The highest BCUT2D eigenvalue weighted by atomic mass is 16.5. The van der Waals surface area contributed by atoms with E-state index in [9.17, 15) is 0 Å². The highest BCUT2D eigenvalue weighted by molar-refractivity contribution is 5.78. The average molecular weight is 313 g/mol. The number of methoxy groups -OCH3 is 1. The van der Waals surface area contributed by atoms with Gasteiger partial charge in [0.2, 0.25) is 5.88 Å². The number of nitrogens with zero attached hydrogens (tertiary/aromatic N) is 2. The SMILES string of the molecule is CC.COc1ccc(-c2cnc(C3=CCOCC3)cc2N)cn1. The zero-order chi connectivity index (χ0) is 16.7. The molecule has 23 heavy (non-hydrogen) atoms. The third-order valence-corrected chi connectivity index (χ3v) is 3.48. The van der Waals surface area contributed by atoms with Gasteiger partial charge in [-0.15, -0.1) is 0 Å². The highest BCUT2D eigenvalue weighted by Crippen LogP contribution is 2.29. The lowest BCUT2D eigenvalue weighted by Crippen LogP contribution is -2.05. The standard InChI is InChI=1S/C16H17N3O2.C2H6/c1-20-16-3-2-12(9-19-16)13-10-18-15(8-14(13)17)11-4-6-21-7-5-11;1-2/h2-4,8-10H,5-7H2,1H3,(H2,17,18);1-2H3. The Morgan fingerprint density at radius 1 is 1.17 bits per heavy atom. The summed E-state index contributed by atoms with van der Waals surface area (Å²) in [6.07, 6.45) is 6.46. The molecule has 122 valence electrons. The molecule has 0 bridgehead atoms. The maximum absolute atomic E-state index is 6.17. The molecule has 5 nitrogen and oxygen atoms in total. The van der Waals surface area contributed by atoms with Gasteiger partial charge in [0.05, 0.1) is 26.0 Å². The van der Waals surface area contributed by atoms with Crippen LogP contribution in [0.4, 0.5) is 5.69 Å². The van der Waals surface area contributed by atoms with Crippen molar-refractivity contribution in [3.05, 3.63) is 42.4 Å². The number of aromatic nitrogens is 2. The number of rotatable bonds is 3. The molecule has 0 fully saturated rings. The number of anilines is 1. The molecule has 0 radical (unpaired) electrons. The minimum absolute atomic E-state index is 0.578. The Kier molecular flexibility index (Phi) is 6.11. The zero-order valence-corrected chi connectivity index (χ0v) is 13.9. The third kappa shape index (κ3) is 4.07. The van der Waals surface area contributed by atoms with Gasteiger partial charge < -0.3 is 15.2 Å². The first-order chi connectivity index (χ1) is 11.3. The molecule has 0 aliphatic carbocycles. The lowest BCUT2D eigenvalue weighted by molar-refractivity contribution is 0.161. The van der Waals surface area contributed by atoms with Gasteiger partial charge in [0.15, 0.2) is 0 Å². The molecule has 0 spiro atoms. The van der Waals surface area contributed by atoms with Crippen LogP contribution in [0.3, 0.4) is 0 Å². The molecule has 0 saturated carbocycles. The van der Waals surface area contributed by atoms with E-state index in [2.05, 4.69) is 16.0 Å². The number of pyridine rings is 2. The third-order valence-electron chi connectivity index (χ3n) is 3.48. The van der Waals surface area contributed by atoms with Crippen LogP contribution in [0.2, 0.25) is 0 Å². The molecule has 0 aromatic carbocycles. The summed E-state index contributed by atoms with van der Waals surface area (Å²) < 4.78 is 10.4. The lowest BCUT2D eigenvalue weighted by Gasteiger charge is -2.14. The maximum Gasteiger partial charge on any atom is 0.212 e. The molecule has 5 heteroatoms. The van der Waals surface area contributed by atoms with Crippen molar-refractivity contribution in [2.45, 2.75) is 20.3 Å². The Labute approximate surface area is 137 Å². The van der Waals surface area contributed by atoms with E-state index in [0.29, 0.717) is 18.2 Å². The van der Waals surface area contributed by atoms with Crippen molar-refractivity contribution in [2.24, 2.45) is 0 Å². The van der Waals surface area contributed by atoms with E-state index in [1.54, 1.807) is 19.5 Å². The number of nitrogen functional groups attached to an aromatic ring is 1. The van der Waals surface area contributed by atoms with Gasteiger partial charge in [0.1, 0.15) is 0 Å². The molecule has 3 rings (SSSR count). The maximum atomic E-state index is 6.17. The van der Waals surface area contributed by atoms with Crippen molar-refractivity contribution in [2.75, 3.05) is 26.1 Å². The van der Waals surface area contributed by atoms with Gasteiger partial charge in [-0.1, -0.05) is 19.9 Å². The van der Waals surface area contributed by atoms with E-state index in [0.717, 1.165) is 29.8 Å². The van der Waals surface area contributed by atoms with Crippen LogP contribution in [-0.4, -0.2) is 30.3 Å². The van der Waals surface area contributed by atoms with Gasteiger partial charge in [-0.25, -0.2) is 4.98 Å². The van der Waals surface area contributed by atoms with Crippen molar-refractivity contribution in [1.29, 1.82) is 0 Å². The second kappa shape index (κ2) is 8.29. The Balaban J connectivity index is 0.000000924. The Hall–Kier alpha value is -2.40. The van der Waals surface area contributed by atoms with Gasteiger partial charge in [0, 0.05) is 35.3 Å². The minimum Gasteiger partial charge on any atom is -0.481 e. The van der Waals surface area contributed by atoms with Crippen molar-refractivity contribution < 1.29 is 9.47 Å². The van der Waals surface area contributed by atoms with E-state index < -0.39 is 0 Å². The van der Waals surface area contributed by atoms with Crippen molar-refractivity contribution in [1.82, 2.24) is 9.97 Å². The van der Waals surface area contributed by atoms with Gasteiger partial charge in [-0.2, -0.15) is 0 Å². The number of hydrogen-bond acceptors (Lipinski definition) is 5. The minimum atomic E-state index is 0.578. The Morgan fingerprint density at radius 3 is 2.57 bits per heavy atom. The first-order valence-corrected chi connectivity index (χ1v) is 7.81. The molecular formula is C18H23N3O2. The summed E-state index contributed by atoms with van der Waals surface area (Å²) in [5.74, 6) is 0.578. The fourth-order valence-electron chi connectivity index (χ4n) is 2.31. The van der Waals surface area contributed by atoms with Crippen LogP contribution in [0.1, 0.15) is 26.0 Å². The number of nitrogens with two attached hydrogens (primary N) is 1. The molecule has 0 amide bonds. The number of ether oxygens (including phenoxy) is 2. The second-order valence-electron chi connectivity index (χ2n) is 4.80. The predicted molar refractivity (Wildman–Crippen MR) is 93.2 cm³/mol. The summed E-state index contributed by atoms with van der Waals surface area (Å²) in [7, 11) is 1.59. The monoisotopic (exact) mass is 313 g/mol. The molecular weight excluding hydrogens is 290 g/mol. The highest BCUT2D eigenvalue weighted by Gasteiger charge is 2.11. The van der Waals surface area contributed by atoms with Crippen LogP contribution in [0.15, 0.2) is 36.7 Å². The molecule has 2 N–H and O–H groups in total. The molecule has 0 unspecified atom stereocenters. The zero-order valence-electron chi connectivity index (χ0n) is 13.9. The van der Waals surface area contributed by atoms with Crippen LogP contribution in [0.25, 0.3) is 16.7 Å². The van der Waals surface area contributed by atoms with Crippen LogP contribution in [0.5, 0.6) is 5.88 Å². The molecule has 0 saturated heterocycles. The van der Waals surface area contributed by atoms with Crippen LogP contribution < -0.4 is 10.5 Å². The van der Waals surface area contributed by atoms with E-state index in [4.69, 9.17) is 15.2 Å². The largest absolute Gasteiger partial charge is 0.481 e. The van der Waals surface area contributed by atoms with Crippen LogP contribution in [0, 0.1) is 0 Å². The van der Waals surface area contributed by atoms with Crippen molar-refractivity contribution in [3.63, 3.8) is 0 Å². The summed E-state index contributed by atoms with van der Waals surface area (Å²) in [6, 6.07) is 5.65. The number of hydrogen-bond donors (Lipinski definition) is 1. The molecule has 2 aromatic heterocycles. The van der Waals surface area contributed by atoms with E-state index in [1.165, 1.54) is 5.57 Å². The fourth-order valence-corrected chi connectivity index (χ4v) is 2.31. The Bertz CT molecular complexity index is 666. The summed E-state index contributed by atoms with van der Waals surface area (Å²) in [4.78, 5) is 8.71. The molecule has 0 atom stereocenters. The van der Waals surface area contributed by atoms with Gasteiger partial charge in [0.25, 0.3) is 0 Å². The predicted octanol–water partition coefficient (Wildman–Crippen LogP) is 3.56. The molecule has 1 aliphatic rings. The summed E-state index contributed by atoms with van der Waals surface area (Å²) in [5, 5.41) is 0. The fraction of sp³-hybridized carbons (Fsp3) is 0.333.